The van der Waals surface area contributed by atoms with Gasteiger partial charge in [-0.15, -0.1) is 0 Å². The molecule has 1 aliphatic heterocycles. The highest BCUT2D eigenvalue weighted by molar-refractivity contribution is 5.72. The van der Waals surface area contributed by atoms with E-state index in [2.05, 4.69) is 46.8 Å². The zero-order valence-corrected chi connectivity index (χ0v) is 16.5. The van der Waals surface area contributed by atoms with Crippen molar-refractivity contribution >= 4 is 0 Å². The topological polar surface area (TPSA) is 18.5 Å². The van der Waals surface area contributed by atoms with E-state index in [4.69, 9.17) is 9.47 Å². The summed E-state index contributed by atoms with van der Waals surface area (Å²) in [7, 11) is 0. The quantitative estimate of drug-likeness (QED) is 0.659. The Morgan fingerprint density at radius 1 is 1.12 bits per heavy atom. The van der Waals surface area contributed by atoms with Crippen LogP contribution in [0.2, 0.25) is 0 Å². The van der Waals surface area contributed by atoms with Gasteiger partial charge in [-0.3, -0.25) is 0 Å². The van der Waals surface area contributed by atoms with Crippen LogP contribution in [0.4, 0.5) is 4.39 Å². The summed E-state index contributed by atoms with van der Waals surface area (Å²) < 4.78 is 25.4. The fourth-order valence-electron chi connectivity index (χ4n) is 3.58. The summed E-state index contributed by atoms with van der Waals surface area (Å²) in [5.74, 6) is 1.20. The lowest BCUT2D eigenvalue weighted by Crippen LogP contribution is -2.44. The normalized spacial score (nSPS) is 15.8. The first kappa shape index (κ1) is 18.9. The van der Waals surface area contributed by atoms with E-state index in [0.717, 1.165) is 47.6 Å². The molecule has 0 amide bonds. The van der Waals surface area contributed by atoms with Gasteiger partial charge >= 0.3 is 0 Å². The molecule has 3 heteroatoms. The van der Waals surface area contributed by atoms with E-state index in [1.165, 1.54) is 5.56 Å². The molecule has 140 valence electrons. The predicted octanol–water partition coefficient (Wildman–Crippen LogP) is 5.72. The number of benzene rings is 2. The van der Waals surface area contributed by atoms with Crippen LogP contribution in [0.3, 0.4) is 0 Å². The summed E-state index contributed by atoms with van der Waals surface area (Å²) in [4.78, 5) is 0. The third kappa shape index (κ3) is 4.09. The van der Waals surface area contributed by atoms with Crippen molar-refractivity contribution in [2.75, 3.05) is 19.8 Å². The number of halogens is 1. The van der Waals surface area contributed by atoms with Gasteiger partial charge < -0.3 is 9.47 Å². The minimum absolute atomic E-state index is 0.117. The lowest BCUT2D eigenvalue weighted by molar-refractivity contribution is -0.120. The first-order valence-corrected chi connectivity index (χ1v) is 9.38. The molecule has 0 saturated carbocycles. The van der Waals surface area contributed by atoms with E-state index in [9.17, 15) is 4.39 Å². The Morgan fingerprint density at radius 3 is 2.31 bits per heavy atom. The van der Waals surface area contributed by atoms with Crippen LogP contribution in [-0.4, -0.2) is 19.8 Å². The molecule has 1 heterocycles. The van der Waals surface area contributed by atoms with Crippen LogP contribution < -0.4 is 4.74 Å². The van der Waals surface area contributed by atoms with Crippen molar-refractivity contribution in [2.24, 2.45) is 11.3 Å². The Labute approximate surface area is 156 Å². The van der Waals surface area contributed by atoms with Crippen molar-refractivity contribution < 1.29 is 13.9 Å². The largest absolute Gasteiger partial charge is 0.493 e. The fourth-order valence-corrected chi connectivity index (χ4v) is 3.58. The number of hydrogen-bond acceptors (Lipinski definition) is 2. The van der Waals surface area contributed by atoms with E-state index in [-0.39, 0.29) is 11.2 Å². The Balaban J connectivity index is 1.86. The molecular weight excluding hydrogens is 327 g/mol. The molecule has 26 heavy (non-hydrogen) atoms. The molecule has 2 nitrogen and oxygen atoms in total. The Bertz CT molecular complexity index is 768. The molecule has 0 bridgehead atoms. The van der Waals surface area contributed by atoms with Crippen LogP contribution in [0.1, 0.15) is 37.5 Å². The fraction of sp³-hybridized carbons (Fsp3) is 0.478. The summed E-state index contributed by atoms with van der Waals surface area (Å²) in [5, 5.41) is 0. The molecule has 1 fully saturated rings. The summed E-state index contributed by atoms with van der Waals surface area (Å²) >= 11 is 0. The minimum Gasteiger partial charge on any atom is -0.493 e. The maximum Gasteiger partial charge on any atom is 0.126 e. The Hall–Kier alpha value is -1.87. The maximum atomic E-state index is 14.1. The molecule has 2 aromatic rings. The second kappa shape index (κ2) is 7.40. The third-order valence-electron chi connectivity index (χ3n) is 4.96. The molecule has 0 aromatic heterocycles. The minimum atomic E-state index is -0.117. The van der Waals surface area contributed by atoms with Gasteiger partial charge in [-0.2, -0.15) is 0 Å². The average Bonchev–Trinajstić information content (AvgIpc) is 2.53. The summed E-state index contributed by atoms with van der Waals surface area (Å²) in [6.07, 6.45) is 0.750. The van der Waals surface area contributed by atoms with Crippen LogP contribution >= 0.6 is 0 Å². The van der Waals surface area contributed by atoms with E-state index in [1.54, 1.807) is 6.07 Å². The standard InChI is InChI=1S/C23H29FO2/c1-15(2)8-19-11-18(6-7-21(19)24)22-16(3)9-20(10-17(22)4)26-14-23(5)12-25-13-23/h6-7,9-11,15H,8,12-14H2,1-5H3. The zero-order valence-electron chi connectivity index (χ0n) is 16.5. The molecule has 0 spiro atoms. The maximum absolute atomic E-state index is 14.1. The molecule has 0 N–H and O–H groups in total. The van der Waals surface area contributed by atoms with Gasteiger partial charge in [-0.05, 0) is 78.3 Å². The van der Waals surface area contributed by atoms with Crippen LogP contribution in [0, 0.1) is 31.0 Å². The van der Waals surface area contributed by atoms with Gasteiger partial charge in [0.15, 0.2) is 0 Å². The van der Waals surface area contributed by atoms with Crippen molar-refractivity contribution in [3.05, 3.63) is 52.8 Å². The molecule has 1 aliphatic rings. The van der Waals surface area contributed by atoms with E-state index in [1.807, 2.05) is 12.1 Å². The van der Waals surface area contributed by atoms with Crippen LogP contribution in [0.15, 0.2) is 30.3 Å². The van der Waals surface area contributed by atoms with E-state index >= 15 is 0 Å². The SMILES string of the molecule is Cc1cc(OCC2(C)COC2)cc(C)c1-c1ccc(F)c(CC(C)C)c1. The molecule has 0 atom stereocenters. The van der Waals surface area contributed by atoms with Gasteiger partial charge in [-0.25, -0.2) is 4.39 Å². The number of ether oxygens (including phenoxy) is 2. The number of hydrogen-bond donors (Lipinski definition) is 0. The third-order valence-corrected chi connectivity index (χ3v) is 4.96. The van der Waals surface area contributed by atoms with Crippen molar-refractivity contribution in [2.45, 2.75) is 41.0 Å². The summed E-state index contributed by atoms with van der Waals surface area (Å²) in [6.45, 7) is 12.8. The van der Waals surface area contributed by atoms with E-state index < -0.39 is 0 Å². The average molecular weight is 356 g/mol. The van der Waals surface area contributed by atoms with Gasteiger partial charge in [-0.1, -0.05) is 26.8 Å². The zero-order chi connectivity index (χ0) is 18.9. The highest BCUT2D eigenvalue weighted by atomic mass is 19.1. The highest BCUT2D eigenvalue weighted by Crippen LogP contribution is 2.34. The molecule has 0 unspecified atom stereocenters. The highest BCUT2D eigenvalue weighted by Gasteiger charge is 2.34. The van der Waals surface area contributed by atoms with Gasteiger partial charge in [0.2, 0.25) is 0 Å². The predicted molar refractivity (Wildman–Crippen MR) is 104 cm³/mol. The smallest absolute Gasteiger partial charge is 0.126 e. The molecule has 0 radical (unpaired) electrons. The second-order valence-corrected chi connectivity index (χ2v) is 8.43. The molecule has 1 saturated heterocycles. The summed E-state index contributed by atoms with van der Waals surface area (Å²) in [6, 6.07) is 9.63. The van der Waals surface area contributed by atoms with Gasteiger partial charge in [0.1, 0.15) is 11.6 Å². The molecular formula is C23H29FO2. The van der Waals surface area contributed by atoms with Crippen molar-refractivity contribution in [1.29, 1.82) is 0 Å². The lowest BCUT2D eigenvalue weighted by Gasteiger charge is -2.37. The van der Waals surface area contributed by atoms with Crippen molar-refractivity contribution in [3.63, 3.8) is 0 Å². The first-order chi connectivity index (χ1) is 12.3. The monoisotopic (exact) mass is 356 g/mol. The van der Waals surface area contributed by atoms with Gasteiger partial charge in [0.05, 0.1) is 19.8 Å². The van der Waals surface area contributed by atoms with E-state index in [0.29, 0.717) is 12.5 Å². The van der Waals surface area contributed by atoms with Crippen molar-refractivity contribution in [3.8, 4) is 16.9 Å². The Kier molecular flexibility index (Phi) is 5.38. The van der Waals surface area contributed by atoms with Gasteiger partial charge in [0.25, 0.3) is 0 Å². The molecule has 0 aliphatic carbocycles. The van der Waals surface area contributed by atoms with Gasteiger partial charge in [0, 0.05) is 5.41 Å². The second-order valence-electron chi connectivity index (χ2n) is 8.43. The van der Waals surface area contributed by atoms with Crippen molar-refractivity contribution in [1.82, 2.24) is 0 Å². The van der Waals surface area contributed by atoms with Crippen LogP contribution in [0.25, 0.3) is 11.1 Å². The molecule has 2 aromatic carbocycles. The number of rotatable bonds is 6. The summed E-state index contributed by atoms with van der Waals surface area (Å²) in [5.41, 5.74) is 5.45. The molecule has 3 rings (SSSR count). The van der Waals surface area contributed by atoms with Crippen LogP contribution in [0.5, 0.6) is 5.75 Å². The Morgan fingerprint density at radius 2 is 1.77 bits per heavy atom. The lowest BCUT2D eigenvalue weighted by atomic mass is 9.90. The first-order valence-electron chi connectivity index (χ1n) is 9.38. The van der Waals surface area contributed by atoms with Crippen LogP contribution in [-0.2, 0) is 11.2 Å². The number of aryl methyl sites for hydroxylation is 2.